The first-order chi connectivity index (χ1) is 8.61. The summed E-state index contributed by atoms with van der Waals surface area (Å²) in [5.41, 5.74) is 2.20. The Kier molecular flexibility index (Phi) is 4.19. The first-order valence-electron chi connectivity index (χ1n) is 5.74. The van der Waals surface area contributed by atoms with Gasteiger partial charge in [0.1, 0.15) is 17.2 Å². The van der Waals surface area contributed by atoms with Crippen molar-refractivity contribution in [2.45, 2.75) is 36.1 Å². The zero-order valence-electron chi connectivity index (χ0n) is 10.9. The second kappa shape index (κ2) is 5.67. The number of nitrogens with one attached hydrogen (secondary N) is 1. The molecule has 0 fully saturated rings. The Bertz CT molecular complexity index is 537. The highest BCUT2D eigenvalue weighted by molar-refractivity contribution is 8.01. The zero-order valence-corrected chi connectivity index (χ0v) is 12.5. The SMILES string of the molecule is CNc1ncnc(Sc2nc(C)cs2)c1C(C)C. The van der Waals surface area contributed by atoms with Crippen LogP contribution in [0.3, 0.4) is 0 Å². The van der Waals surface area contributed by atoms with Crippen molar-refractivity contribution in [2.75, 3.05) is 12.4 Å². The number of rotatable bonds is 4. The molecule has 96 valence electrons. The zero-order chi connectivity index (χ0) is 13.1. The maximum atomic E-state index is 4.46. The van der Waals surface area contributed by atoms with E-state index >= 15 is 0 Å². The summed E-state index contributed by atoms with van der Waals surface area (Å²) >= 11 is 3.26. The smallest absolute Gasteiger partial charge is 0.156 e. The molecule has 0 aliphatic rings. The van der Waals surface area contributed by atoms with Crippen molar-refractivity contribution >= 4 is 28.9 Å². The minimum Gasteiger partial charge on any atom is -0.373 e. The maximum Gasteiger partial charge on any atom is 0.156 e. The molecule has 18 heavy (non-hydrogen) atoms. The van der Waals surface area contributed by atoms with Gasteiger partial charge in [-0.05, 0) is 24.6 Å². The number of aryl methyl sites for hydroxylation is 1. The van der Waals surface area contributed by atoms with E-state index in [4.69, 9.17) is 0 Å². The third kappa shape index (κ3) is 2.81. The molecule has 4 nitrogen and oxygen atoms in total. The van der Waals surface area contributed by atoms with Gasteiger partial charge < -0.3 is 5.32 Å². The molecule has 0 aliphatic heterocycles. The molecule has 2 aromatic heterocycles. The molecule has 0 unspecified atom stereocenters. The van der Waals surface area contributed by atoms with Crippen LogP contribution in [0.25, 0.3) is 0 Å². The van der Waals surface area contributed by atoms with E-state index in [1.807, 2.05) is 14.0 Å². The molecule has 2 rings (SSSR count). The molecule has 1 N–H and O–H groups in total. The van der Waals surface area contributed by atoms with Crippen LogP contribution in [0, 0.1) is 6.92 Å². The van der Waals surface area contributed by atoms with Gasteiger partial charge in [-0.15, -0.1) is 11.3 Å². The van der Waals surface area contributed by atoms with Crippen molar-refractivity contribution in [2.24, 2.45) is 0 Å². The topological polar surface area (TPSA) is 50.7 Å². The van der Waals surface area contributed by atoms with E-state index < -0.39 is 0 Å². The molecule has 0 amide bonds. The van der Waals surface area contributed by atoms with E-state index in [0.717, 1.165) is 26.4 Å². The van der Waals surface area contributed by atoms with E-state index in [1.165, 1.54) is 0 Å². The fourth-order valence-electron chi connectivity index (χ4n) is 1.64. The van der Waals surface area contributed by atoms with E-state index in [9.17, 15) is 0 Å². The number of aromatic nitrogens is 3. The maximum absolute atomic E-state index is 4.46. The van der Waals surface area contributed by atoms with Crippen molar-refractivity contribution in [3.05, 3.63) is 23.0 Å². The van der Waals surface area contributed by atoms with Gasteiger partial charge in [-0.25, -0.2) is 15.0 Å². The minimum absolute atomic E-state index is 0.372. The second-order valence-corrected chi connectivity index (χ2v) is 6.30. The Hall–Kier alpha value is -1.14. The Morgan fingerprint density at radius 1 is 1.33 bits per heavy atom. The first-order valence-corrected chi connectivity index (χ1v) is 7.44. The molecule has 2 heterocycles. The molecular weight excluding hydrogens is 264 g/mol. The highest BCUT2D eigenvalue weighted by atomic mass is 32.2. The van der Waals surface area contributed by atoms with Gasteiger partial charge >= 0.3 is 0 Å². The summed E-state index contributed by atoms with van der Waals surface area (Å²) < 4.78 is 1.02. The largest absolute Gasteiger partial charge is 0.373 e. The predicted molar refractivity (Wildman–Crippen MR) is 76.6 cm³/mol. The fraction of sp³-hybridized carbons (Fsp3) is 0.417. The molecule has 0 aliphatic carbocycles. The molecule has 0 bridgehead atoms. The molecular formula is C12H16N4S2. The van der Waals surface area contributed by atoms with Crippen LogP contribution in [0.15, 0.2) is 21.1 Å². The Balaban J connectivity index is 2.37. The summed E-state index contributed by atoms with van der Waals surface area (Å²) in [4.78, 5) is 13.1. The van der Waals surface area contributed by atoms with E-state index in [-0.39, 0.29) is 0 Å². The number of thiazole rings is 1. The summed E-state index contributed by atoms with van der Waals surface area (Å²) in [6.45, 7) is 6.30. The average molecular weight is 280 g/mol. The number of hydrogen-bond donors (Lipinski definition) is 1. The van der Waals surface area contributed by atoms with Crippen LogP contribution in [0.2, 0.25) is 0 Å². The summed E-state index contributed by atoms with van der Waals surface area (Å²) in [7, 11) is 1.89. The Morgan fingerprint density at radius 2 is 2.11 bits per heavy atom. The summed E-state index contributed by atoms with van der Waals surface area (Å²) in [5, 5.41) is 6.16. The van der Waals surface area contributed by atoms with Crippen molar-refractivity contribution in [3.63, 3.8) is 0 Å². The lowest BCUT2D eigenvalue weighted by Crippen LogP contribution is -2.03. The molecule has 0 atom stereocenters. The van der Waals surface area contributed by atoms with Crippen molar-refractivity contribution < 1.29 is 0 Å². The van der Waals surface area contributed by atoms with Gasteiger partial charge in [0, 0.05) is 23.7 Å². The standard InChI is InChI=1S/C12H16N4S2/c1-7(2)9-10(13-4)14-6-15-11(9)18-12-16-8(3)5-17-12/h5-7H,1-4H3,(H,13,14,15). The van der Waals surface area contributed by atoms with Crippen LogP contribution in [-0.2, 0) is 0 Å². The Labute approximate surface area is 115 Å². The quantitative estimate of drug-likeness (QED) is 0.868. The number of nitrogens with zero attached hydrogens (tertiary/aromatic N) is 3. The van der Waals surface area contributed by atoms with Crippen LogP contribution in [0.4, 0.5) is 5.82 Å². The molecule has 2 aromatic rings. The molecule has 0 spiro atoms. The second-order valence-electron chi connectivity index (χ2n) is 4.20. The number of hydrogen-bond acceptors (Lipinski definition) is 6. The third-order valence-electron chi connectivity index (χ3n) is 2.44. The van der Waals surface area contributed by atoms with Gasteiger partial charge in [0.05, 0.1) is 0 Å². The normalized spacial score (nSPS) is 10.9. The van der Waals surface area contributed by atoms with Gasteiger partial charge in [0.15, 0.2) is 4.34 Å². The Morgan fingerprint density at radius 3 is 2.67 bits per heavy atom. The summed E-state index contributed by atoms with van der Waals surface area (Å²) in [5.74, 6) is 1.27. The lowest BCUT2D eigenvalue weighted by Gasteiger charge is -2.14. The first kappa shape index (κ1) is 13.3. The van der Waals surface area contributed by atoms with Crippen LogP contribution in [0.5, 0.6) is 0 Å². The average Bonchev–Trinajstić information content (AvgIpc) is 2.74. The van der Waals surface area contributed by atoms with Gasteiger partial charge in [-0.3, -0.25) is 0 Å². The van der Waals surface area contributed by atoms with Gasteiger partial charge in [0.2, 0.25) is 0 Å². The van der Waals surface area contributed by atoms with Crippen LogP contribution >= 0.6 is 23.1 Å². The van der Waals surface area contributed by atoms with Gasteiger partial charge in [-0.2, -0.15) is 0 Å². The third-order valence-corrected chi connectivity index (χ3v) is 4.52. The van der Waals surface area contributed by atoms with Crippen molar-refractivity contribution in [3.8, 4) is 0 Å². The molecule has 0 radical (unpaired) electrons. The molecule has 0 saturated heterocycles. The molecule has 6 heteroatoms. The molecule has 0 aromatic carbocycles. The van der Waals surface area contributed by atoms with E-state index in [1.54, 1.807) is 29.4 Å². The summed E-state index contributed by atoms with van der Waals surface area (Å²) in [6, 6.07) is 0. The minimum atomic E-state index is 0.372. The van der Waals surface area contributed by atoms with Crippen molar-refractivity contribution in [1.82, 2.24) is 15.0 Å². The van der Waals surface area contributed by atoms with E-state index in [2.05, 4.69) is 39.5 Å². The van der Waals surface area contributed by atoms with Gasteiger partial charge in [0.25, 0.3) is 0 Å². The molecule has 0 saturated carbocycles. The van der Waals surface area contributed by atoms with Crippen LogP contribution < -0.4 is 5.32 Å². The predicted octanol–water partition coefficient (Wildman–Crippen LogP) is 3.56. The van der Waals surface area contributed by atoms with E-state index in [0.29, 0.717) is 5.92 Å². The lowest BCUT2D eigenvalue weighted by molar-refractivity contribution is 0.806. The number of anilines is 1. The van der Waals surface area contributed by atoms with Crippen LogP contribution in [-0.4, -0.2) is 22.0 Å². The summed E-state index contributed by atoms with van der Waals surface area (Å²) in [6.07, 6.45) is 1.60. The highest BCUT2D eigenvalue weighted by Gasteiger charge is 2.16. The lowest BCUT2D eigenvalue weighted by atomic mass is 10.1. The highest BCUT2D eigenvalue weighted by Crippen LogP contribution is 2.36. The van der Waals surface area contributed by atoms with Crippen molar-refractivity contribution in [1.29, 1.82) is 0 Å². The van der Waals surface area contributed by atoms with Crippen LogP contribution in [0.1, 0.15) is 31.0 Å². The fourth-order valence-corrected chi connectivity index (χ4v) is 3.63. The van der Waals surface area contributed by atoms with Gasteiger partial charge in [-0.1, -0.05) is 13.8 Å². The monoisotopic (exact) mass is 280 g/mol.